The van der Waals surface area contributed by atoms with Gasteiger partial charge in [0.2, 0.25) is 0 Å². The molecule has 0 unspecified atom stereocenters. The van der Waals surface area contributed by atoms with Gasteiger partial charge in [-0.2, -0.15) is 30.7 Å². The summed E-state index contributed by atoms with van der Waals surface area (Å²) in [5.74, 6) is -24.3. The van der Waals surface area contributed by atoms with Gasteiger partial charge < -0.3 is 0 Å². The lowest BCUT2D eigenvalue weighted by Crippen LogP contribution is -2.60. The molecule has 0 amide bonds. The lowest BCUT2D eigenvalue weighted by molar-refractivity contribution is -0.468. The van der Waals surface area contributed by atoms with Gasteiger partial charge in [-0.3, -0.25) is 9.68 Å². The predicted molar refractivity (Wildman–Crippen MR) is 34.2 cm³/mol. The van der Waals surface area contributed by atoms with E-state index in [0.29, 0.717) is 0 Å². The summed E-state index contributed by atoms with van der Waals surface area (Å²) in [7, 11) is 0. The highest BCUT2D eigenvalue weighted by Gasteiger charge is 2.79. The van der Waals surface area contributed by atoms with Crippen molar-refractivity contribution in [1.29, 1.82) is 0 Å². The third-order valence-corrected chi connectivity index (χ3v) is 1.50. The monoisotopic (exact) mass is 326 g/mol. The molecule has 0 radical (unpaired) electrons. The van der Waals surface area contributed by atoms with E-state index in [4.69, 9.17) is 0 Å². The predicted octanol–water partition coefficient (Wildman–Crippen LogP) is 2.38. The number of halogens is 10. The fraction of sp³-hybridized carbons (Fsp3) is 0.667. The Hall–Kier alpha value is -1.60. The molecule has 20 heavy (non-hydrogen) atoms. The van der Waals surface area contributed by atoms with E-state index in [-0.39, 0.29) is 0 Å². The van der Waals surface area contributed by atoms with Gasteiger partial charge in [0.15, 0.2) is 0 Å². The van der Waals surface area contributed by atoms with Gasteiger partial charge in [-0.25, -0.2) is 4.79 Å². The molecule has 118 valence electrons. The molecule has 0 heterocycles. The highest BCUT2D eigenvalue weighted by atomic mass is 19.4. The Bertz CT molecular complexity index is 399. The summed E-state index contributed by atoms with van der Waals surface area (Å²) in [6, 6.07) is -4.24. The van der Waals surface area contributed by atoms with E-state index in [1.807, 2.05) is 4.89 Å². The fourth-order valence-corrected chi connectivity index (χ4v) is 0.586. The Morgan fingerprint density at radius 1 is 0.750 bits per heavy atom. The van der Waals surface area contributed by atoms with Gasteiger partial charge in [-0.15, -0.1) is 13.2 Å². The van der Waals surface area contributed by atoms with E-state index < -0.39 is 36.1 Å². The molecule has 0 aromatic carbocycles. The molecule has 0 atom stereocenters. The van der Waals surface area contributed by atoms with Crippen LogP contribution in [0, 0.1) is 0 Å². The Labute approximate surface area is 101 Å². The van der Waals surface area contributed by atoms with Gasteiger partial charge in [0.25, 0.3) is 0 Å². The van der Waals surface area contributed by atoms with Gasteiger partial charge in [0.05, 0.1) is 0 Å². The molecule has 0 saturated carbocycles. The van der Waals surface area contributed by atoms with E-state index in [2.05, 4.69) is 4.89 Å². The maximum Gasteiger partial charge on any atom is 0.558 e. The molecule has 0 bridgehead atoms. The standard InChI is InChI=1S/C6F10O4/c7-1(17)3(8,9)5(12,13)4(10,11)2(18)19-20-6(14,15)16. The van der Waals surface area contributed by atoms with Crippen LogP contribution in [0.15, 0.2) is 0 Å². The van der Waals surface area contributed by atoms with Crippen molar-refractivity contribution >= 4 is 12.0 Å². The van der Waals surface area contributed by atoms with Gasteiger partial charge in [0, 0.05) is 0 Å². The van der Waals surface area contributed by atoms with Crippen molar-refractivity contribution in [2.24, 2.45) is 0 Å². The maximum absolute atomic E-state index is 12.6. The molecule has 0 aliphatic carbocycles. The first-order valence-electron chi connectivity index (χ1n) is 3.87. The second-order valence-corrected chi connectivity index (χ2v) is 2.90. The summed E-state index contributed by atoms with van der Waals surface area (Å²) in [4.78, 5) is 23.8. The second-order valence-electron chi connectivity index (χ2n) is 2.90. The quantitative estimate of drug-likeness (QED) is 0.337. The van der Waals surface area contributed by atoms with Gasteiger partial charge in [-0.05, 0) is 0 Å². The Kier molecular flexibility index (Phi) is 4.66. The van der Waals surface area contributed by atoms with Crippen LogP contribution in [0.3, 0.4) is 0 Å². The van der Waals surface area contributed by atoms with E-state index in [0.717, 1.165) is 0 Å². The van der Waals surface area contributed by atoms with Crippen LogP contribution in [0.5, 0.6) is 0 Å². The summed E-state index contributed by atoms with van der Waals surface area (Å²) < 4.78 is 120. The van der Waals surface area contributed by atoms with Crippen LogP contribution < -0.4 is 0 Å². The largest absolute Gasteiger partial charge is 0.558 e. The lowest BCUT2D eigenvalue weighted by Gasteiger charge is -2.27. The van der Waals surface area contributed by atoms with Crippen molar-refractivity contribution in [1.82, 2.24) is 0 Å². The smallest absolute Gasteiger partial charge is 0.283 e. The Morgan fingerprint density at radius 2 is 1.15 bits per heavy atom. The van der Waals surface area contributed by atoms with Crippen molar-refractivity contribution in [2.45, 2.75) is 24.1 Å². The molecule has 0 spiro atoms. The van der Waals surface area contributed by atoms with Crippen LogP contribution in [0.4, 0.5) is 43.9 Å². The van der Waals surface area contributed by atoms with E-state index in [1.54, 1.807) is 0 Å². The second kappa shape index (κ2) is 5.06. The number of alkyl halides is 9. The zero-order valence-corrected chi connectivity index (χ0v) is 8.41. The average molecular weight is 326 g/mol. The molecule has 0 saturated heterocycles. The van der Waals surface area contributed by atoms with Crippen molar-refractivity contribution < 1.29 is 63.3 Å². The first kappa shape index (κ1) is 18.4. The van der Waals surface area contributed by atoms with Crippen molar-refractivity contribution in [2.75, 3.05) is 0 Å². The SMILES string of the molecule is O=C(F)C(F)(F)C(F)(F)C(F)(F)C(=O)OOC(F)(F)F. The normalized spacial score (nSPS) is 14.1. The fourth-order valence-electron chi connectivity index (χ4n) is 0.586. The number of carbonyl (C=O) groups excluding carboxylic acids is 2. The van der Waals surface area contributed by atoms with Crippen molar-refractivity contribution in [3.8, 4) is 0 Å². The summed E-state index contributed by atoms with van der Waals surface area (Å²) in [5.41, 5.74) is 0. The van der Waals surface area contributed by atoms with Crippen LogP contribution in [0.2, 0.25) is 0 Å². The minimum absolute atomic E-state index is 1.96. The molecule has 4 nitrogen and oxygen atoms in total. The average Bonchev–Trinajstić information content (AvgIpc) is 2.23. The molecular weight excluding hydrogens is 326 g/mol. The number of hydrogen-bond donors (Lipinski definition) is 0. The summed E-state index contributed by atoms with van der Waals surface area (Å²) in [5, 5.41) is 0. The molecule has 0 aromatic rings. The molecule has 0 rings (SSSR count). The Balaban J connectivity index is 5.31. The number of carbonyl (C=O) groups is 2. The molecule has 14 heteroatoms. The minimum Gasteiger partial charge on any atom is -0.283 e. The van der Waals surface area contributed by atoms with Crippen LogP contribution in [-0.4, -0.2) is 36.1 Å². The van der Waals surface area contributed by atoms with E-state index in [1.165, 1.54) is 0 Å². The summed E-state index contributed by atoms with van der Waals surface area (Å²) >= 11 is 0. The molecule has 0 aliphatic rings. The summed E-state index contributed by atoms with van der Waals surface area (Å²) in [6.07, 6.45) is -5.90. The van der Waals surface area contributed by atoms with Gasteiger partial charge in [0.1, 0.15) is 0 Å². The zero-order valence-electron chi connectivity index (χ0n) is 8.41. The molecular formula is C6F10O4. The molecule has 0 aromatic heterocycles. The van der Waals surface area contributed by atoms with Crippen LogP contribution in [-0.2, 0) is 19.4 Å². The van der Waals surface area contributed by atoms with Crippen molar-refractivity contribution in [3.63, 3.8) is 0 Å². The first-order valence-corrected chi connectivity index (χ1v) is 3.87. The topological polar surface area (TPSA) is 52.6 Å². The zero-order chi connectivity index (χ0) is 16.6. The molecule has 0 aliphatic heterocycles. The third-order valence-electron chi connectivity index (χ3n) is 1.50. The van der Waals surface area contributed by atoms with E-state index >= 15 is 0 Å². The lowest BCUT2D eigenvalue weighted by atomic mass is 10.1. The van der Waals surface area contributed by atoms with Gasteiger partial charge >= 0.3 is 36.1 Å². The minimum atomic E-state index is -7.00. The highest BCUT2D eigenvalue weighted by Crippen LogP contribution is 2.47. The highest BCUT2D eigenvalue weighted by molar-refractivity contribution is 5.83. The number of rotatable bonds is 5. The summed E-state index contributed by atoms with van der Waals surface area (Å²) in [6.45, 7) is 0. The van der Waals surface area contributed by atoms with Crippen LogP contribution in [0.1, 0.15) is 0 Å². The van der Waals surface area contributed by atoms with Crippen LogP contribution >= 0.6 is 0 Å². The van der Waals surface area contributed by atoms with Crippen molar-refractivity contribution in [3.05, 3.63) is 0 Å². The maximum atomic E-state index is 12.6. The molecule has 0 fully saturated rings. The third kappa shape index (κ3) is 3.29. The van der Waals surface area contributed by atoms with Gasteiger partial charge in [-0.1, -0.05) is 4.89 Å². The number of hydrogen-bond acceptors (Lipinski definition) is 4. The first-order chi connectivity index (χ1) is 8.57. The van der Waals surface area contributed by atoms with E-state index in [9.17, 15) is 53.5 Å². The molecule has 0 N–H and O–H groups in total. The van der Waals surface area contributed by atoms with Crippen LogP contribution in [0.25, 0.3) is 0 Å². The Morgan fingerprint density at radius 3 is 1.45 bits per heavy atom.